The van der Waals surface area contributed by atoms with E-state index in [0.717, 1.165) is 24.8 Å². The second kappa shape index (κ2) is 7.35. The lowest BCUT2D eigenvalue weighted by molar-refractivity contribution is 0.0932. The molecular weight excluding hydrogens is 298 g/mol. The number of nitrogens with one attached hydrogen (secondary N) is 1. The van der Waals surface area contributed by atoms with Crippen LogP contribution in [0.3, 0.4) is 0 Å². The molecule has 3 nitrogen and oxygen atoms in total. The van der Waals surface area contributed by atoms with Crippen molar-refractivity contribution in [1.29, 1.82) is 0 Å². The van der Waals surface area contributed by atoms with Crippen molar-refractivity contribution in [1.82, 2.24) is 5.32 Å². The van der Waals surface area contributed by atoms with Crippen LogP contribution in [0.1, 0.15) is 47.3 Å². The molecule has 0 saturated carbocycles. The molecule has 1 aliphatic carbocycles. The molecule has 0 aromatic heterocycles. The highest BCUT2D eigenvalue weighted by Gasteiger charge is 2.21. The minimum absolute atomic E-state index is 0.0579. The summed E-state index contributed by atoms with van der Waals surface area (Å²) < 4.78 is 5.62. The Bertz CT molecular complexity index is 751. The summed E-state index contributed by atoms with van der Waals surface area (Å²) in [6.07, 6.45) is 3.17. The van der Waals surface area contributed by atoms with E-state index in [4.69, 9.17) is 4.74 Å². The van der Waals surface area contributed by atoms with Gasteiger partial charge in [0.05, 0.1) is 6.04 Å². The number of aryl methyl sites for hydroxylation is 1. The first-order chi connectivity index (χ1) is 11.6. The zero-order valence-electron chi connectivity index (χ0n) is 14.0. The van der Waals surface area contributed by atoms with Crippen LogP contribution < -0.4 is 10.1 Å². The fraction of sp³-hybridized carbons (Fsp3) is 0.286. The Morgan fingerprint density at radius 2 is 2.08 bits per heavy atom. The third-order valence-electron chi connectivity index (χ3n) is 4.26. The van der Waals surface area contributed by atoms with Crippen molar-refractivity contribution >= 4 is 5.91 Å². The lowest BCUT2D eigenvalue weighted by Gasteiger charge is -2.26. The molecule has 1 aliphatic rings. The minimum Gasteiger partial charge on any atom is -0.489 e. The Balaban J connectivity index is 1.72. The Morgan fingerprint density at radius 3 is 2.92 bits per heavy atom. The SMILES string of the molecule is C=C(C)COc1cccc(C(=O)N[C@@H]2CCCc3ccccc32)c1. The van der Waals surface area contributed by atoms with Crippen molar-refractivity contribution in [3.05, 3.63) is 77.4 Å². The highest BCUT2D eigenvalue weighted by Crippen LogP contribution is 2.29. The summed E-state index contributed by atoms with van der Waals surface area (Å²) in [7, 11) is 0. The number of rotatable bonds is 5. The van der Waals surface area contributed by atoms with Gasteiger partial charge in [-0.2, -0.15) is 0 Å². The Morgan fingerprint density at radius 1 is 1.25 bits per heavy atom. The molecule has 2 aromatic rings. The largest absolute Gasteiger partial charge is 0.489 e. The summed E-state index contributed by atoms with van der Waals surface area (Å²) in [5.74, 6) is 0.632. The smallest absolute Gasteiger partial charge is 0.251 e. The molecule has 1 N–H and O–H groups in total. The maximum Gasteiger partial charge on any atom is 0.251 e. The molecule has 0 radical (unpaired) electrons. The van der Waals surface area contributed by atoms with Gasteiger partial charge < -0.3 is 10.1 Å². The number of carbonyl (C=O) groups excluding carboxylic acids is 1. The second-order valence-corrected chi connectivity index (χ2v) is 6.39. The van der Waals surface area contributed by atoms with Gasteiger partial charge in [0.1, 0.15) is 12.4 Å². The van der Waals surface area contributed by atoms with Gasteiger partial charge in [-0.15, -0.1) is 0 Å². The molecule has 0 aliphatic heterocycles. The number of benzene rings is 2. The number of fused-ring (bicyclic) bond motifs is 1. The van der Waals surface area contributed by atoms with Crippen molar-refractivity contribution in [3.8, 4) is 5.75 Å². The maximum absolute atomic E-state index is 12.6. The quantitative estimate of drug-likeness (QED) is 0.826. The summed E-state index contributed by atoms with van der Waals surface area (Å²) in [5, 5.41) is 3.17. The summed E-state index contributed by atoms with van der Waals surface area (Å²) >= 11 is 0. The van der Waals surface area contributed by atoms with Crippen LogP contribution in [0.25, 0.3) is 0 Å². The molecule has 0 unspecified atom stereocenters. The summed E-state index contributed by atoms with van der Waals surface area (Å²) in [6.45, 7) is 6.20. The van der Waals surface area contributed by atoms with E-state index in [2.05, 4.69) is 30.1 Å². The highest BCUT2D eigenvalue weighted by atomic mass is 16.5. The first-order valence-electron chi connectivity index (χ1n) is 8.39. The average Bonchev–Trinajstić information content (AvgIpc) is 2.60. The third kappa shape index (κ3) is 3.85. The van der Waals surface area contributed by atoms with Crippen molar-refractivity contribution in [2.75, 3.05) is 6.61 Å². The van der Waals surface area contributed by atoms with Crippen LogP contribution in [0.4, 0.5) is 0 Å². The van der Waals surface area contributed by atoms with Gasteiger partial charge in [0.15, 0.2) is 0 Å². The van der Waals surface area contributed by atoms with E-state index in [-0.39, 0.29) is 11.9 Å². The van der Waals surface area contributed by atoms with Crippen LogP contribution in [0.5, 0.6) is 5.75 Å². The van der Waals surface area contributed by atoms with Crippen molar-refractivity contribution in [3.63, 3.8) is 0 Å². The fourth-order valence-corrected chi connectivity index (χ4v) is 3.08. The lowest BCUT2D eigenvalue weighted by Crippen LogP contribution is -2.30. The van der Waals surface area contributed by atoms with E-state index in [1.165, 1.54) is 11.1 Å². The van der Waals surface area contributed by atoms with Gasteiger partial charge in [-0.05, 0) is 61.1 Å². The first-order valence-corrected chi connectivity index (χ1v) is 8.39. The number of hydrogen-bond acceptors (Lipinski definition) is 2. The maximum atomic E-state index is 12.6. The van der Waals surface area contributed by atoms with Gasteiger partial charge in [0.25, 0.3) is 5.91 Å². The normalized spacial score (nSPS) is 16.1. The van der Waals surface area contributed by atoms with E-state index in [1.54, 1.807) is 6.07 Å². The first kappa shape index (κ1) is 16.3. The van der Waals surface area contributed by atoms with Gasteiger partial charge in [0, 0.05) is 5.56 Å². The Hall–Kier alpha value is -2.55. The Kier molecular flexibility index (Phi) is 4.99. The van der Waals surface area contributed by atoms with E-state index in [0.29, 0.717) is 17.9 Å². The van der Waals surface area contributed by atoms with Gasteiger partial charge in [0.2, 0.25) is 0 Å². The van der Waals surface area contributed by atoms with E-state index in [1.807, 2.05) is 31.2 Å². The summed E-state index contributed by atoms with van der Waals surface area (Å²) in [6, 6.07) is 15.8. The molecular formula is C21H23NO2. The summed E-state index contributed by atoms with van der Waals surface area (Å²) in [4.78, 5) is 12.6. The second-order valence-electron chi connectivity index (χ2n) is 6.39. The zero-order chi connectivity index (χ0) is 16.9. The molecule has 24 heavy (non-hydrogen) atoms. The summed E-state index contributed by atoms with van der Waals surface area (Å²) in [5.41, 5.74) is 4.15. The van der Waals surface area contributed by atoms with Gasteiger partial charge >= 0.3 is 0 Å². The average molecular weight is 321 g/mol. The van der Waals surface area contributed by atoms with Crippen LogP contribution in [-0.2, 0) is 6.42 Å². The number of ether oxygens (including phenoxy) is 1. The predicted octanol–water partition coefficient (Wildman–Crippen LogP) is 4.45. The van der Waals surface area contributed by atoms with Gasteiger partial charge in [-0.25, -0.2) is 0 Å². The molecule has 2 aromatic carbocycles. The third-order valence-corrected chi connectivity index (χ3v) is 4.26. The number of amides is 1. The monoisotopic (exact) mass is 321 g/mol. The predicted molar refractivity (Wildman–Crippen MR) is 96.3 cm³/mol. The zero-order valence-corrected chi connectivity index (χ0v) is 14.0. The van der Waals surface area contributed by atoms with E-state index < -0.39 is 0 Å². The van der Waals surface area contributed by atoms with Crippen LogP contribution in [-0.4, -0.2) is 12.5 Å². The lowest BCUT2D eigenvalue weighted by atomic mass is 9.87. The van der Waals surface area contributed by atoms with Crippen molar-refractivity contribution in [2.24, 2.45) is 0 Å². The molecule has 0 fully saturated rings. The van der Waals surface area contributed by atoms with E-state index in [9.17, 15) is 4.79 Å². The topological polar surface area (TPSA) is 38.3 Å². The standard InChI is InChI=1S/C21H23NO2/c1-15(2)14-24-18-10-5-9-17(13-18)21(23)22-20-12-6-8-16-7-3-4-11-19(16)20/h3-5,7,9-11,13,20H,1,6,8,12,14H2,2H3,(H,22,23)/t20-/m1/s1. The highest BCUT2D eigenvalue weighted by molar-refractivity contribution is 5.94. The molecule has 0 saturated heterocycles. The molecule has 3 rings (SSSR count). The fourth-order valence-electron chi connectivity index (χ4n) is 3.08. The molecule has 0 heterocycles. The number of hydrogen-bond donors (Lipinski definition) is 1. The molecule has 1 amide bonds. The van der Waals surface area contributed by atoms with Crippen LogP contribution in [0.15, 0.2) is 60.7 Å². The van der Waals surface area contributed by atoms with Gasteiger partial charge in [-0.1, -0.05) is 36.9 Å². The van der Waals surface area contributed by atoms with Gasteiger partial charge in [-0.3, -0.25) is 4.79 Å². The van der Waals surface area contributed by atoms with Crippen LogP contribution >= 0.6 is 0 Å². The molecule has 1 atom stereocenters. The van der Waals surface area contributed by atoms with Crippen molar-refractivity contribution < 1.29 is 9.53 Å². The number of carbonyl (C=O) groups is 1. The van der Waals surface area contributed by atoms with Crippen molar-refractivity contribution in [2.45, 2.75) is 32.2 Å². The molecule has 0 bridgehead atoms. The van der Waals surface area contributed by atoms with Crippen LogP contribution in [0, 0.1) is 0 Å². The van der Waals surface area contributed by atoms with E-state index >= 15 is 0 Å². The van der Waals surface area contributed by atoms with Crippen LogP contribution in [0.2, 0.25) is 0 Å². The molecule has 3 heteroatoms. The molecule has 0 spiro atoms. The molecule has 124 valence electrons. The minimum atomic E-state index is -0.0579. The Labute approximate surface area is 143 Å².